The molecule has 0 saturated carbocycles. The molecular formula is C20H34O2. The van der Waals surface area contributed by atoms with E-state index in [1.807, 2.05) is 0 Å². The van der Waals surface area contributed by atoms with Crippen LogP contribution in [0, 0.1) is 0 Å². The quantitative estimate of drug-likeness (QED) is 0.279. The minimum atomic E-state index is -0.706. The van der Waals surface area contributed by atoms with Gasteiger partial charge in [0, 0.05) is 6.42 Å². The number of aliphatic carboxylic acids is 1. The molecule has 0 heterocycles. The highest BCUT2D eigenvalue weighted by atomic mass is 16.4. The Kier molecular flexibility index (Phi) is 16.7. The molecule has 0 aliphatic carbocycles. The molecule has 0 rings (SSSR count). The van der Waals surface area contributed by atoms with Gasteiger partial charge in [-0.1, -0.05) is 69.1 Å². The molecule has 0 bridgehead atoms. The van der Waals surface area contributed by atoms with Gasteiger partial charge in [-0.2, -0.15) is 0 Å². The maximum Gasteiger partial charge on any atom is 0.303 e. The third-order valence-electron chi connectivity index (χ3n) is 3.51. The zero-order valence-electron chi connectivity index (χ0n) is 14.3. The molecule has 0 fully saturated rings. The molecular weight excluding hydrogens is 272 g/mol. The molecule has 0 unspecified atom stereocenters. The van der Waals surface area contributed by atoms with Crippen molar-refractivity contribution in [2.45, 2.75) is 84.0 Å². The van der Waals surface area contributed by atoms with Crippen LogP contribution in [0.2, 0.25) is 0 Å². The number of allylic oxidation sites excluding steroid dienone is 6. The van der Waals surface area contributed by atoms with Crippen LogP contribution in [-0.4, -0.2) is 11.1 Å². The van der Waals surface area contributed by atoms with Crippen LogP contribution < -0.4 is 0 Å². The Morgan fingerprint density at radius 1 is 0.727 bits per heavy atom. The van der Waals surface area contributed by atoms with Crippen molar-refractivity contribution in [2.75, 3.05) is 0 Å². The van der Waals surface area contributed by atoms with Crippen molar-refractivity contribution in [1.82, 2.24) is 0 Å². The molecule has 0 aromatic rings. The van der Waals surface area contributed by atoms with E-state index < -0.39 is 5.97 Å². The van der Waals surface area contributed by atoms with E-state index >= 15 is 0 Å². The predicted octanol–water partition coefficient (Wildman–Crippen LogP) is 6.44. The smallest absolute Gasteiger partial charge is 0.303 e. The van der Waals surface area contributed by atoms with Gasteiger partial charge in [-0.25, -0.2) is 0 Å². The summed E-state index contributed by atoms with van der Waals surface area (Å²) in [6.07, 6.45) is 26.3. The molecule has 0 spiro atoms. The summed E-state index contributed by atoms with van der Waals surface area (Å²) in [5.74, 6) is -0.706. The lowest BCUT2D eigenvalue weighted by Crippen LogP contribution is -1.92. The maximum atomic E-state index is 10.3. The van der Waals surface area contributed by atoms with Crippen LogP contribution in [0.3, 0.4) is 0 Å². The van der Waals surface area contributed by atoms with Crippen molar-refractivity contribution < 1.29 is 9.90 Å². The van der Waals surface area contributed by atoms with Crippen molar-refractivity contribution in [3.63, 3.8) is 0 Å². The number of rotatable bonds is 15. The van der Waals surface area contributed by atoms with Crippen molar-refractivity contribution in [3.05, 3.63) is 36.5 Å². The fraction of sp³-hybridized carbons (Fsp3) is 0.650. The largest absolute Gasteiger partial charge is 0.481 e. The Bertz CT molecular complexity index is 327. The number of hydrogen-bond donors (Lipinski definition) is 1. The lowest BCUT2D eigenvalue weighted by atomic mass is 10.1. The fourth-order valence-electron chi connectivity index (χ4n) is 2.17. The minimum Gasteiger partial charge on any atom is -0.481 e. The van der Waals surface area contributed by atoms with Crippen LogP contribution in [0.5, 0.6) is 0 Å². The van der Waals surface area contributed by atoms with Gasteiger partial charge in [-0.05, 0) is 44.9 Å². The van der Waals surface area contributed by atoms with E-state index in [2.05, 4.69) is 43.4 Å². The number of unbranched alkanes of at least 4 members (excludes halogenated alkanes) is 7. The fourth-order valence-corrected chi connectivity index (χ4v) is 2.17. The molecule has 0 atom stereocenters. The molecule has 0 amide bonds. The van der Waals surface area contributed by atoms with Crippen molar-refractivity contribution in [2.24, 2.45) is 0 Å². The summed E-state index contributed by atoms with van der Waals surface area (Å²) in [4.78, 5) is 10.3. The lowest BCUT2D eigenvalue weighted by Gasteiger charge is -1.95. The first-order chi connectivity index (χ1) is 10.8. The van der Waals surface area contributed by atoms with Crippen LogP contribution in [0.4, 0.5) is 0 Å². The summed E-state index contributed by atoms with van der Waals surface area (Å²) in [5.41, 5.74) is 0. The van der Waals surface area contributed by atoms with E-state index in [0.717, 1.165) is 32.1 Å². The van der Waals surface area contributed by atoms with Gasteiger partial charge in [0.05, 0.1) is 0 Å². The molecule has 0 aromatic carbocycles. The Morgan fingerprint density at radius 2 is 1.27 bits per heavy atom. The first kappa shape index (κ1) is 20.7. The standard InChI is InChI=1S/C20H34O2/c1-2-3-4-5-6-7-8-9-10-11-12-13-14-15-16-17-18-19-20(21)22/h8-9,12-13,15-16H,2-7,10-11,14,17-19H2,1H3,(H,21,22). The Labute approximate surface area is 137 Å². The molecule has 1 N–H and O–H groups in total. The Hall–Kier alpha value is -1.31. The summed E-state index contributed by atoms with van der Waals surface area (Å²) < 4.78 is 0. The predicted molar refractivity (Wildman–Crippen MR) is 96.1 cm³/mol. The van der Waals surface area contributed by atoms with Crippen molar-refractivity contribution in [1.29, 1.82) is 0 Å². The first-order valence-corrected chi connectivity index (χ1v) is 8.94. The number of hydrogen-bond acceptors (Lipinski definition) is 1. The third-order valence-corrected chi connectivity index (χ3v) is 3.51. The average Bonchev–Trinajstić information content (AvgIpc) is 2.50. The highest BCUT2D eigenvalue weighted by Crippen LogP contribution is 2.06. The van der Waals surface area contributed by atoms with Crippen LogP contribution in [-0.2, 0) is 4.79 Å². The second-order valence-corrected chi connectivity index (χ2v) is 5.72. The second kappa shape index (κ2) is 17.7. The van der Waals surface area contributed by atoms with Gasteiger partial charge >= 0.3 is 5.97 Å². The first-order valence-electron chi connectivity index (χ1n) is 8.94. The van der Waals surface area contributed by atoms with Gasteiger partial charge in [0.15, 0.2) is 0 Å². The van der Waals surface area contributed by atoms with Gasteiger partial charge < -0.3 is 5.11 Å². The lowest BCUT2D eigenvalue weighted by molar-refractivity contribution is -0.137. The van der Waals surface area contributed by atoms with Gasteiger partial charge in [0.1, 0.15) is 0 Å². The summed E-state index contributed by atoms with van der Waals surface area (Å²) >= 11 is 0. The normalized spacial score (nSPS) is 12.0. The molecule has 0 aliphatic rings. The monoisotopic (exact) mass is 306 g/mol. The maximum absolute atomic E-state index is 10.3. The average molecular weight is 306 g/mol. The van der Waals surface area contributed by atoms with Crippen LogP contribution >= 0.6 is 0 Å². The molecule has 22 heavy (non-hydrogen) atoms. The van der Waals surface area contributed by atoms with Gasteiger partial charge in [-0.15, -0.1) is 0 Å². The zero-order chi connectivity index (χ0) is 16.3. The van der Waals surface area contributed by atoms with E-state index in [9.17, 15) is 4.79 Å². The Morgan fingerprint density at radius 3 is 1.95 bits per heavy atom. The van der Waals surface area contributed by atoms with Crippen LogP contribution in [0.25, 0.3) is 0 Å². The summed E-state index contributed by atoms with van der Waals surface area (Å²) in [7, 11) is 0. The summed E-state index contributed by atoms with van der Waals surface area (Å²) in [6.45, 7) is 2.25. The zero-order valence-corrected chi connectivity index (χ0v) is 14.3. The van der Waals surface area contributed by atoms with Gasteiger partial charge in [0.25, 0.3) is 0 Å². The number of carboxylic acid groups (broad SMARTS) is 1. The summed E-state index contributed by atoms with van der Waals surface area (Å²) in [5, 5.41) is 8.50. The van der Waals surface area contributed by atoms with Crippen LogP contribution in [0.15, 0.2) is 36.5 Å². The summed E-state index contributed by atoms with van der Waals surface area (Å²) in [6, 6.07) is 0. The van der Waals surface area contributed by atoms with E-state index in [0.29, 0.717) is 0 Å². The molecule has 2 heteroatoms. The molecule has 0 saturated heterocycles. The third kappa shape index (κ3) is 18.7. The SMILES string of the molecule is CCCCCCCC=CCCC=CCC=CCCCC(=O)O. The van der Waals surface area contributed by atoms with Crippen molar-refractivity contribution >= 4 is 5.97 Å². The van der Waals surface area contributed by atoms with Gasteiger partial charge in [-0.3, -0.25) is 4.79 Å². The number of carbonyl (C=O) groups is 1. The van der Waals surface area contributed by atoms with Crippen LogP contribution in [0.1, 0.15) is 84.0 Å². The van der Waals surface area contributed by atoms with E-state index in [-0.39, 0.29) is 6.42 Å². The molecule has 0 aliphatic heterocycles. The van der Waals surface area contributed by atoms with E-state index in [1.54, 1.807) is 0 Å². The van der Waals surface area contributed by atoms with Crippen molar-refractivity contribution in [3.8, 4) is 0 Å². The molecule has 0 aromatic heterocycles. The van der Waals surface area contributed by atoms with E-state index in [4.69, 9.17) is 5.11 Å². The van der Waals surface area contributed by atoms with Gasteiger partial charge in [0.2, 0.25) is 0 Å². The van der Waals surface area contributed by atoms with E-state index in [1.165, 1.54) is 38.5 Å². The second-order valence-electron chi connectivity index (χ2n) is 5.72. The Balaban J connectivity index is 3.29. The molecule has 0 radical (unpaired) electrons. The molecule has 2 nitrogen and oxygen atoms in total. The highest BCUT2D eigenvalue weighted by Gasteiger charge is 1.92. The topological polar surface area (TPSA) is 37.3 Å². The number of carboxylic acids is 1. The molecule has 126 valence electrons. The highest BCUT2D eigenvalue weighted by molar-refractivity contribution is 5.66. The minimum absolute atomic E-state index is 0.269.